The van der Waals surface area contributed by atoms with Crippen LogP contribution in [-0.2, 0) is 0 Å². The number of aromatic nitrogens is 3. The Morgan fingerprint density at radius 3 is 2.44 bits per heavy atom. The molecule has 1 unspecified atom stereocenters. The quantitative estimate of drug-likeness (QED) is 0.450. The fourth-order valence-corrected chi connectivity index (χ4v) is 4.38. The molecule has 9 heteroatoms. The van der Waals surface area contributed by atoms with Gasteiger partial charge in [-0.3, -0.25) is 9.59 Å². The summed E-state index contributed by atoms with van der Waals surface area (Å²) >= 11 is 0. The molecule has 1 saturated heterocycles. The second-order valence-electron chi connectivity index (χ2n) is 9.15. The summed E-state index contributed by atoms with van der Waals surface area (Å²) in [6, 6.07) is 18.5. The Hall–Kier alpha value is -4.24. The van der Waals surface area contributed by atoms with Crippen LogP contribution in [0, 0.1) is 0 Å². The molecule has 1 aliphatic heterocycles. The van der Waals surface area contributed by atoms with Crippen molar-refractivity contribution in [2.45, 2.75) is 18.9 Å². The van der Waals surface area contributed by atoms with E-state index in [1.807, 2.05) is 54.7 Å². The van der Waals surface area contributed by atoms with E-state index in [1.165, 1.54) is 0 Å². The van der Waals surface area contributed by atoms with Crippen LogP contribution in [0.4, 0.5) is 11.6 Å². The zero-order valence-electron chi connectivity index (χ0n) is 20.3. The number of β-amino-alcohol motifs (C(OH)–C–C–N with tert-alkyl or cyclic N) is 1. The first-order chi connectivity index (χ1) is 17.4. The van der Waals surface area contributed by atoms with E-state index in [2.05, 4.69) is 15.4 Å². The second-order valence-corrected chi connectivity index (χ2v) is 9.15. The minimum absolute atomic E-state index is 0.0463. The topological polar surface area (TPSA) is 103 Å². The molecule has 4 aromatic rings. The van der Waals surface area contributed by atoms with Gasteiger partial charge in [-0.25, -0.2) is 4.52 Å². The number of amides is 2. The van der Waals surface area contributed by atoms with Crippen molar-refractivity contribution in [3.8, 4) is 11.1 Å². The standard InChI is InChI=1S/C27H28N6O3/c1-31(2)25(35)19-9-7-18(8-10-19)23-6-4-16-33-24(23)29-27(30-33)28-21-13-11-20(12-14-21)26(36)32-15-3-5-22(34)17-32/h4,6-14,16,22,34H,3,5,15,17H2,1-2H3,(H,28,30). The molecule has 0 radical (unpaired) electrons. The van der Waals surface area contributed by atoms with Gasteiger partial charge in [0.2, 0.25) is 5.95 Å². The van der Waals surface area contributed by atoms with E-state index in [0.717, 1.165) is 29.7 Å². The lowest BCUT2D eigenvalue weighted by Gasteiger charge is -2.30. The van der Waals surface area contributed by atoms with Gasteiger partial charge in [-0.1, -0.05) is 12.1 Å². The summed E-state index contributed by atoms with van der Waals surface area (Å²) in [5.41, 5.74) is 4.47. The van der Waals surface area contributed by atoms with Gasteiger partial charge < -0.3 is 20.2 Å². The molecular weight excluding hydrogens is 456 g/mol. The summed E-state index contributed by atoms with van der Waals surface area (Å²) in [6.07, 6.45) is 2.93. The Balaban J connectivity index is 1.34. The number of rotatable bonds is 5. The number of nitrogens with zero attached hydrogens (tertiary/aromatic N) is 5. The molecule has 3 heterocycles. The molecule has 9 nitrogen and oxygen atoms in total. The number of piperidine rings is 1. The summed E-state index contributed by atoms with van der Waals surface area (Å²) in [5.74, 6) is 0.309. The lowest BCUT2D eigenvalue weighted by Crippen LogP contribution is -2.42. The maximum atomic E-state index is 12.7. The first-order valence-corrected chi connectivity index (χ1v) is 11.9. The van der Waals surface area contributed by atoms with Gasteiger partial charge in [0.1, 0.15) is 0 Å². The Kier molecular flexibility index (Phi) is 6.39. The Morgan fingerprint density at radius 1 is 1.03 bits per heavy atom. The van der Waals surface area contributed by atoms with Crippen molar-refractivity contribution in [2.24, 2.45) is 0 Å². The molecule has 0 spiro atoms. The normalized spacial score (nSPS) is 15.6. The molecule has 1 aliphatic rings. The number of aliphatic hydroxyl groups is 1. The van der Waals surface area contributed by atoms with Crippen LogP contribution in [0.5, 0.6) is 0 Å². The van der Waals surface area contributed by atoms with Gasteiger partial charge in [-0.15, -0.1) is 5.10 Å². The fourth-order valence-electron chi connectivity index (χ4n) is 4.38. The van der Waals surface area contributed by atoms with Crippen LogP contribution in [0.15, 0.2) is 66.9 Å². The number of carbonyl (C=O) groups is 2. The molecule has 5 rings (SSSR count). The zero-order chi connectivity index (χ0) is 25.2. The summed E-state index contributed by atoms with van der Waals surface area (Å²) in [6.45, 7) is 1.04. The van der Waals surface area contributed by atoms with Gasteiger partial charge in [0.05, 0.1) is 6.10 Å². The largest absolute Gasteiger partial charge is 0.391 e. The summed E-state index contributed by atoms with van der Waals surface area (Å²) in [7, 11) is 3.46. The summed E-state index contributed by atoms with van der Waals surface area (Å²) in [4.78, 5) is 32.9. The monoisotopic (exact) mass is 484 g/mol. The van der Waals surface area contributed by atoms with Crippen molar-refractivity contribution in [1.29, 1.82) is 0 Å². The van der Waals surface area contributed by atoms with E-state index in [9.17, 15) is 14.7 Å². The van der Waals surface area contributed by atoms with E-state index in [0.29, 0.717) is 35.8 Å². The highest BCUT2D eigenvalue weighted by Gasteiger charge is 2.23. The van der Waals surface area contributed by atoms with Gasteiger partial charge in [0, 0.05) is 55.8 Å². The fraction of sp³-hybridized carbons (Fsp3) is 0.259. The maximum Gasteiger partial charge on any atom is 0.253 e. The van der Waals surface area contributed by atoms with E-state index in [4.69, 9.17) is 0 Å². The first kappa shape index (κ1) is 23.5. The molecule has 2 aromatic carbocycles. The molecule has 0 bridgehead atoms. The number of pyridine rings is 1. The molecule has 0 saturated carbocycles. The second kappa shape index (κ2) is 9.79. The third-order valence-corrected chi connectivity index (χ3v) is 6.28. The van der Waals surface area contributed by atoms with Gasteiger partial charge in [0.15, 0.2) is 5.65 Å². The number of hydrogen-bond donors (Lipinski definition) is 2. The molecule has 2 amide bonds. The number of anilines is 2. The third-order valence-electron chi connectivity index (χ3n) is 6.28. The smallest absolute Gasteiger partial charge is 0.253 e. The van der Waals surface area contributed by atoms with Gasteiger partial charge in [-0.05, 0) is 66.9 Å². The lowest BCUT2D eigenvalue weighted by molar-refractivity contribution is 0.0474. The number of fused-ring (bicyclic) bond motifs is 1. The number of hydrogen-bond acceptors (Lipinski definition) is 6. The van der Waals surface area contributed by atoms with Crippen LogP contribution in [0.3, 0.4) is 0 Å². The highest BCUT2D eigenvalue weighted by Crippen LogP contribution is 2.26. The molecule has 2 N–H and O–H groups in total. The number of likely N-dealkylation sites (tertiary alicyclic amines) is 1. The number of aliphatic hydroxyl groups excluding tert-OH is 1. The van der Waals surface area contributed by atoms with Gasteiger partial charge >= 0.3 is 0 Å². The van der Waals surface area contributed by atoms with E-state index in [-0.39, 0.29) is 11.8 Å². The molecule has 36 heavy (non-hydrogen) atoms. The van der Waals surface area contributed by atoms with Crippen LogP contribution in [-0.4, -0.2) is 74.6 Å². The van der Waals surface area contributed by atoms with E-state index < -0.39 is 6.10 Å². The molecule has 0 aliphatic carbocycles. The first-order valence-electron chi connectivity index (χ1n) is 11.9. The van der Waals surface area contributed by atoms with Crippen LogP contribution in [0.25, 0.3) is 16.8 Å². The van der Waals surface area contributed by atoms with Crippen LogP contribution >= 0.6 is 0 Å². The molecule has 1 fully saturated rings. The zero-order valence-corrected chi connectivity index (χ0v) is 20.3. The third kappa shape index (κ3) is 4.78. The van der Waals surface area contributed by atoms with Crippen molar-refractivity contribution in [3.05, 3.63) is 78.0 Å². The minimum Gasteiger partial charge on any atom is -0.391 e. The van der Waals surface area contributed by atoms with Gasteiger partial charge in [-0.2, -0.15) is 4.98 Å². The Labute approximate surface area is 209 Å². The molecule has 1 atom stereocenters. The number of nitrogens with one attached hydrogen (secondary N) is 1. The van der Waals surface area contributed by atoms with Gasteiger partial charge in [0.25, 0.3) is 11.8 Å². The molecule has 2 aromatic heterocycles. The van der Waals surface area contributed by atoms with Crippen molar-refractivity contribution < 1.29 is 14.7 Å². The highest BCUT2D eigenvalue weighted by molar-refractivity contribution is 5.95. The van der Waals surface area contributed by atoms with Crippen molar-refractivity contribution in [3.63, 3.8) is 0 Å². The van der Waals surface area contributed by atoms with Crippen molar-refractivity contribution in [1.82, 2.24) is 24.4 Å². The predicted molar refractivity (Wildman–Crippen MR) is 137 cm³/mol. The molecule has 184 valence electrons. The maximum absolute atomic E-state index is 12.7. The lowest BCUT2D eigenvalue weighted by atomic mass is 10.0. The Bertz CT molecular complexity index is 1400. The summed E-state index contributed by atoms with van der Waals surface area (Å²) < 4.78 is 1.70. The summed E-state index contributed by atoms with van der Waals surface area (Å²) in [5, 5.41) is 17.6. The van der Waals surface area contributed by atoms with Crippen molar-refractivity contribution >= 4 is 29.1 Å². The predicted octanol–water partition coefficient (Wildman–Crippen LogP) is 3.44. The minimum atomic E-state index is -0.451. The average Bonchev–Trinajstić information content (AvgIpc) is 3.31. The number of carbonyl (C=O) groups excluding carboxylic acids is 2. The van der Waals surface area contributed by atoms with Crippen LogP contribution < -0.4 is 5.32 Å². The highest BCUT2D eigenvalue weighted by atomic mass is 16.3. The molecular formula is C27H28N6O3. The Morgan fingerprint density at radius 2 is 1.75 bits per heavy atom. The number of benzene rings is 2. The van der Waals surface area contributed by atoms with Crippen molar-refractivity contribution in [2.75, 3.05) is 32.5 Å². The van der Waals surface area contributed by atoms with E-state index in [1.54, 1.807) is 40.5 Å². The van der Waals surface area contributed by atoms with Crippen LogP contribution in [0.2, 0.25) is 0 Å². The average molecular weight is 485 g/mol. The van der Waals surface area contributed by atoms with E-state index >= 15 is 0 Å². The SMILES string of the molecule is CN(C)C(=O)c1ccc(-c2cccn3nc(Nc4ccc(C(=O)N5CCCC(O)C5)cc4)nc23)cc1. The van der Waals surface area contributed by atoms with Crippen LogP contribution in [0.1, 0.15) is 33.6 Å².